The molecule has 0 saturated heterocycles. The minimum absolute atomic E-state index is 1.15. The maximum Gasteiger partial charge on any atom is 0.0602 e. The Labute approximate surface area is 301 Å². The van der Waals surface area contributed by atoms with Gasteiger partial charge in [0.2, 0.25) is 0 Å². The third kappa shape index (κ3) is 5.13. The van der Waals surface area contributed by atoms with Gasteiger partial charge in [-0.25, -0.2) is 0 Å². The summed E-state index contributed by atoms with van der Waals surface area (Å²) >= 11 is 1.85. The van der Waals surface area contributed by atoms with E-state index < -0.39 is 0 Å². The van der Waals surface area contributed by atoms with Crippen molar-refractivity contribution in [3.63, 3.8) is 0 Å². The van der Waals surface area contributed by atoms with E-state index in [9.17, 15) is 0 Å². The number of nitrogens with zero attached hydrogens (tertiary/aromatic N) is 2. The highest BCUT2D eigenvalue weighted by molar-refractivity contribution is 7.99. The number of aromatic nitrogens is 1. The van der Waals surface area contributed by atoms with Crippen molar-refractivity contribution in [3.05, 3.63) is 194 Å². The molecule has 0 unspecified atom stereocenters. The van der Waals surface area contributed by atoms with E-state index in [4.69, 9.17) is 0 Å². The van der Waals surface area contributed by atoms with Crippen LogP contribution in [0.5, 0.6) is 0 Å². The zero-order valence-electron chi connectivity index (χ0n) is 27.8. The Hall–Kier alpha value is -6.29. The van der Waals surface area contributed by atoms with Crippen LogP contribution in [0.15, 0.2) is 204 Å². The van der Waals surface area contributed by atoms with Gasteiger partial charge in [-0.1, -0.05) is 133 Å². The first-order valence-electron chi connectivity index (χ1n) is 17.3. The van der Waals surface area contributed by atoms with Crippen LogP contribution in [0.1, 0.15) is 0 Å². The summed E-state index contributed by atoms with van der Waals surface area (Å²) in [7, 11) is 0. The van der Waals surface area contributed by atoms with Gasteiger partial charge in [0.05, 0.1) is 22.4 Å². The standard InChI is InChI=1S/C48H32N2S/c1-4-14-33(15-5-1)37-28-38(34-16-6-2-7-17-34)30-40(29-37)50-43-21-11-10-20-41(43)42-31-35(24-26-44(42)50)36-25-27-46-48(32-36)51-47-23-13-12-22-45(47)49(46)39-18-8-3-9-19-39/h1-32H. The van der Waals surface area contributed by atoms with Crippen LogP contribution >= 0.6 is 11.8 Å². The van der Waals surface area contributed by atoms with Crippen molar-refractivity contribution in [1.29, 1.82) is 0 Å². The molecule has 0 atom stereocenters. The Morgan fingerprint density at radius 3 is 1.63 bits per heavy atom. The average molecular weight is 669 g/mol. The molecular weight excluding hydrogens is 637 g/mol. The monoisotopic (exact) mass is 668 g/mol. The Morgan fingerprint density at radius 1 is 0.314 bits per heavy atom. The first kappa shape index (κ1) is 29.6. The molecule has 8 aromatic carbocycles. The topological polar surface area (TPSA) is 8.17 Å². The lowest BCUT2D eigenvalue weighted by molar-refractivity contribution is 1.17. The van der Waals surface area contributed by atoms with Crippen molar-refractivity contribution in [2.75, 3.05) is 4.90 Å². The lowest BCUT2D eigenvalue weighted by Gasteiger charge is -2.33. The SMILES string of the molecule is c1ccc(-c2cc(-c3ccccc3)cc(-n3c4ccccc4c4cc(-c5ccc6c(c5)Sc5ccccc5N6c5ccccc5)ccc43)c2)cc1. The molecule has 0 radical (unpaired) electrons. The maximum atomic E-state index is 2.44. The van der Waals surface area contributed by atoms with Crippen molar-refractivity contribution in [1.82, 2.24) is 4.57 Å². The van der Waals surface area contributed by atoms with Gasteiger partial charge < -0.3 is 9.47 Å². The van der Waals surface area contributed by atoms with Gasteiger partial charge in [-0.3, -0.25) is 0 Å². The van der Waals surface area contributed by atoms with E-state index in [1.807, 2.05) is 11.8 Å². The predicted octanol–water partition coefficient (Wildman–Crippen LogP) is 13.7. The van der Waals surface area contributed by atoms with Crippen molar-refractivity contribution in [2.45, 2.75) is 9.79 Å². The van der Waals surface area contributed by atoms with Gasteiger partial charge >= 0.3 is 0 Å². The summed E-state index contributed by atoms with van der Waals surface area (Å²) in [6.07, 6.45) is 0. The van der Waals surface area contributed by atoms with Crippen LogP contribution in [0.4, 0.5) is 17.1 Å². The van der Waals surface area contributed by atoms with Crippen LogP contribution in [0.2, 0.25) is 0 Å². The van der Waals surface area contributed by atoms with E-state index in [-0.39, 0.29) is 0 Å². The fraction of sp³-hybridized carbons (Fsp3) is 0. The molecule has 1 aromatic heterocycles. The lowest BCUT2D eigenvalue weighted by Crippen LogP contribution is -2.14. The average Bonchev–Trinajstić information content (AvgIpc) is 3.54. The normalized spacial score (nSPS) is 12.2. The largest absolute Gasteiger partial charge is 0.309 e. The lowest BCUT2D eigenvalue weighted by atomic mass is 9.98. The molecule has 51 heavy (non-hydrogen) atoms. The van der Waals surface area contributed by atoms with Crippen molar-refractivity contribution in [2.24, 2.45) is 0 Å². The number of anilines is 3. The maximum absolute atomic E-state index is 2.44. The summed E-state index contributed by atoms with van der Waals surface area (Å²) < 4.78 is 2.44. The minimum Gasteiger partial charge on any atom is -0.309 e. The van der Waals surface area contributed by atoms with Crippen molar-refractivity contribution < 1.29 is 0 Å². The second kappa shape index (κ2) is 12.2. The first-order valence-corrected chi connectivity index (χ1v) is 18.2. The van der Waals surface area contributed by atoms with Crippen LogP contribution in [-0.2, 0) is 0 Å². The molecule has 0 aliphatic carbocycles. The van der Waals surface area contributed by atoms with Gasteiger partial charge in [0, 0.05) is 31.9 Å². The Morgan fingerprint density at radius 2 is 0.882 bits per heavy atom. The third-order valence-corrected chi connectivity index (χ3v) is 11.0. The number of rotatable bonds is 5. The highest BCUT2D eigenvalue weighted by Gasteiger charge is 2.25. The molecule has 0 N–H and O–H groups in total. The van der Waals surface area contributed by atoms with E-state index in [0.29, 0.717) is 0 Å². The summed E-state index contributed by atoms with van der Waals surface area (Å²) in [5, 5.41) is 2.49. The van der Waals surface area contributed by atoms with Gasteiger partial charge in [0.15, 0.2) is 0 Å². The molecule has 0 amide bonds. The summed E-state index contributed by atoms with van der Waals surface area (Å²) in [4.78, 5) is 4.90. The summed E-state index contributed by atoms with van der Waals surface area (Å²) in [6, 6.07) is 70.4. The molecule has 0 fully saturated rings. The number of para-hydroxylation sites is 3. The van der Waals surface area contributed by atoms with Crippen LogP contribution < -0.4 is 4.90 Å². The number of hydrogen-bond donors (Lipinski definition) is 0. The fourth-order valence-corrected chi connectivity index (χ4v) is 8.65. The molecule has 1 aliphatic rings. The van der Waals surface area contributed by atoms with E-state index >= 15 is 0 Å². The van der Waals surface area contributed by atoms with Crippen LogP contribution in [-0.4, -0.2) is 4.57 Å². The Kier molecular flexibility index (Phi) is 7.11. The number of fused-ring (bicyclic) bond motifs is 5. The molecule has 0 spiro atoms. The van der Waals surface area contributed by atoms with Crippen LogP contribution in [0.25, 0.3) is 60.9 Å². The number of hydrogen-bond acceptors (Lipinski definition) is 2. The smallest absolute Gasteiger partial charge is 0.0602 e. The quantitative estimate of drug-likeness (QED) is 0.180. The van der Waals surface area contributed by atoms with Crippen molar-refractivity contribution >= 4 is 50.6 Å². The predicted molar refractivity (Wildman–Crippen MR) is 216 cm³/mol. The highest BCUT2D eigenvalue weighted by atomic mass is 32.2. The van der Waals surface area contributed by atoms with E-state index in [1.54, 1.807) is 0 Å². The third-order valence-electron chi connectivity index (χ3n) is 9.94. The summed E-state index contributed by atoms with van der Waals surface area (Å²) in [6.45, 7) is 0. The minimum atomic E-state index is 1.15. The molecule has 0 bridgehead atoms. The molecule has 2 nitrogen and oxygen atoms in total. The van der Waals surface area contributed by atoms with Gasteiger partial charge in [0.25, 0.3) is 0 Å². The van der Waals surface area contributed by atoms with Gasteiger partial charge in [0.1, 0.15) is 0 Å². The molecule has 3 heteroatoms. The highest BCUT2D eigenvalue weighted by Crippen LogP contribution is 2.52. The molecular formula is C48H32N2S. The van der Waals surface area contributed by atoms with Crippen LogP contribution in [0.3, 0.4) is 0 Å². The van der Waals surface area contributed by atoms with Gasteiger partial charge in [-0.05, 0) is 106 Å². The summed E-state index contributed by atoms with van der Waals surface area (Å²) in [5.41, 5.74) is 14.4. The fourth-order valence-electron chi connectivity index (χ4n) is 7.56. The van der Waals surface area contributed by atoms with E-state index in [2.05, 4.69) is 204 Å². The summed E-state index contributed by atoms with van der Waals surface area (Å²) in [5.74, 6) is 0. The van der Waals surface area contributed by atoms with Crippen molar-refractivity contribution in [3.8, 4) is 39.1 Å². The second-order valence-electron chi connectivity index (χ2n) is 13.0. The van der Waals surface area contributed by atoms with E-state index in [0.717, 1.165) is 5.69 Å². The second-order valence-corrected chi connectivity index (χ2v) is 14.1. The molecule has 1 aliphatic heterocycles. The Bertz CT molecular complexity index is 2660. The first-order chi connectivity index (χ1) is 25.3. The molecule has 240 valence electrons. The molecule has 10 rings (SSSR count). The van der Waals surface area contributed by atoms with Crippen LogP contribution in [0, 0.1) is 0 Å². The van der Waals surface area contributed by atoms with Gasteiger partial charge in [-0.15, -0.1) is 0 Å². The zero-order valence-corrected chi connectivity index (χ0v) is 28.6. The molecule has 2 heterocycles. The number of benzene rings is 8. The van der Waals surface area contributed by atoms with Gasteiger partial charge in [-0.2, -0.15) is 0 Å². The molecule has 0 saturated carbocycles. The Balaban J connectivity index is 1.13. The molecule has 9 aromatic rings. The zero-order chi connectivity index (χ0) is 33.7. The van der Waals surface area contributed by atoms with E-state index in [1.165, 1.54) is 82.0 Å².